The summed E-state index contributed by atoms with van der Waals surface area (Å²) >= 11 is 0. The lowest BCUT2D eigenvalue weighted by Crippen LogP contribution is -2.44. The van der Waals surface area contributed by atoms with Crippen molar-refractivity contribution in [1.82, 2.24) is 0 Å². The van der Waals surface area contributed by atoms with Crippen molar-refractivity contribution in [2.75, 3.05) is 13.2 Å². The van der Waals surface area contributed by atoms with E-state index in [2.05, 4.69) is 6.92 Å². The lowest BCUT2D eigenvalue weighted by Gasteiger charge is -2.33. The van der Waals surface area contributed by atoms with Crippen molar-refractivity contribution >= 4 is 0 Å². The van der Waals surface area contributed by atoms with Crippen LogP contribution in [0, 0.1) is 29.2 Å². The molecule has 0 N–H and O–H groups in total. The minimum Gasteiger partial charge on any atom is -0.491 e. The molecule has 3 nitrogen and oxygen atoms in total. The van der Waals surface area contributed by atoms with Gasteiger partial charge in [0, 0.05) is 11.1 Å². The monoisotopic (exact) mass is 622 g/mol. The van der Waals surface area contributed by atoms with Crippen molar-refractivity contribution < 1.29 is 40.6 Å². The first-order valence-corrected chi connectivity index (χ1v) is 15.5. The average molecular weight is 623 g/mol. The molecule has 240 valence electrons. The topological polar surface area (TPSA) is 27.7 Å². The van der Waals surface area contributed by atoms with Gasteiger partial charge in [-0.1, -0.05) is 76.1 Å². The van der Waals surface area contributed by atoms with Crippen LogP contribution in [0.25, 0.3) is 22.3 Å². The summed E-state index contributed by atoms with van der Waals surface area (Å²) in [6.45, 7) is 4.17. The number of halogens is 6. The highest BCUT2D eigenvalue weighted by Gasteiger charge is 2.46. The van der Waals surface area contributed by atoms with Crippen molar-refractivity contribution in [3.8, 4) is 33.8 Å². The third-order valence-electron chi connectivity index (χ3n) is 8.11. The van der Waals surface area contributed by atoms with Gasteiger partial charge in [0.15, 0.2) is 29.2 Å². The van der Waals surface area contributed by atoms with Crippen LogP contribution in [0.15, 0.2) is 48.5 Å². The smallest absolute Gasteiger partial charge is 0.424 e. The quantitative estimate of drug-likeness (QED) is 0.125. The summed E-state index contributed by atoms with van der Waals surface area (Å²) in [5, 5.41) is 0. The lowest BCUT2D eigenvalue weighted by molar-refractivity contribution is -0.265. The van der Waals surface area contributed by atoms with Crippen LogP contribution in [0.3, 0.4) is 0 Å². The summed E-state index contributed by atoms with van der Waals surface area (Å²) in [5.41, 5.74) is 0.262. The molecule has 2 unspecified atom stereocenters. The van der Waals surface area contributed by atoms with E-state index in [1.165, 1.54) is 68.5 Å². The van der Waals surface area contributed by atoms with Crippen LogP contribution in [-0.2, 0) is 4.74 Å². The molecule has 1 saturated heterocycles. The zero-order chi connectivity index (χ0) is 31.7. The van der Waals surface area contributed by atoms with Crippen molar-refractivity contribution in [2.45, 2.75) is 90.3 Å². The van der Waals surface area contributed by atoms with Gasteiger partial charge in [0.25, 0.3) is 0 Å². The maximum atomic E-state index is 15.1. The molecule has 9 heteroatoms. The van der Waals surface area contributed by atoms with Gasteiger partial charge in [0.2, 0.25) is 11.6 Å². The predicted molar refractivity (Wildman–Crippen MR) is 159 cm³/mol. The van der Waals surface area contributed by atoms with Crippen LogP contribution in [0.2, 0.25) is 0 Å². The summed E-state index contributed by atoms with van der Waals surface area (Å²) in [6.07, 6.45) is 4.38. The molecule has 0 bridgehead atoms. The molecule has 44 heavy (non-hydrogen) atoms. The second kappa shape index (κ2) is 15.7. The van der Waals surface area contributed by atoms with E-state index >= 15 is 4.39 Å². The Morgan fingerprint density at radius 2 is 1.23 bits per heavy atom. The number of rotatable bonds is 15. The van der Waals surface area contributed by atoms with Gasteiger partial charge in [0.05, 0.1) is 13.2 Å². The molecule has 1 fully saturated rings. The van der Waals surface area contributed by atoms with E-state index in [0.29, 0.717) is 12.0 Å². The Labute approximate surface area is 255 Å². The fourth-order valence-corrected chi connectivity index (χ4v) is 5.59. The number of hydrogen-bond donors (Lipinski definition) is 0. The summed E-state index contributed by atoms with van der Waals surface area (Å²) in [4.78, 5) is 0. The molecule has 1 aliphatic heterocycles. The largest absolute Gasteiger partial charge is 0.491 e. The SMILES string of the molecule is CCCCCCCCCC1CCC(C(F)(F)Oc2ccc(-c3ccc(-c4ccc(OCC)c(F)c4F)cc3)c(F)c2F)OC1. The molecule has 4 rings (SSSR count). The van der Waals surface area contributed by atoms with Crippen molar-refractivity contribution in [2.24, 2.45) is 5.92 Å². The molecule has 0 aromatic heterocycles. The Balaban J connectivity index is 1.35. The second-order valence-corrected chi connectivity index (χ2v) is 11.3. The zero-order valence-corrected chi connectivity index (χ0v) is 25.3. The molecule has 0 radical (unpaired) electrons. The number of alkyl halides is 2. The van der Waals surface area contributed by atoms with E-state index in [1.807, 2.05) is 0 Å². The van der Waals surface area contributed by atoms with Crippen LogP contribution < -0.4 is 9.47 Å². The van der Waals surface area contributed by atoms with Crippen molar-refractivity contribution in [3.63, 3.8) is 0 Å². The normalized spacial score (nSPS) is 17.1. The van der Waals surface area contributed by atoms with Gasteiger partial charge in [-0.3, -0.25) is 0 Å². The fourth-order valence-electron chi connectivity index (χ4n) is 5.59. The number of ether oxygens (including phenoxy) is 3. The number of hydrogen-bond acceptors (Lipinski definition) is 3. The molecule has 3 aromatic rings. The highest BCUT2D eigenvalue weighted by Crippen LogP contribution is 2.38. The molecule has 0 aliphatic carbocycles. The van der Waals surface area contributed by atoms with Gasteiger partial charge < -0.3 is 14.2 Å². The van der Waals surface area contributed by atoms with E-state index in [1.54, 1.807) is 6.92 Å². The van der Waals surface area contributed by atoms with Crippen molar-refractivity contribution in [3.05, 3.63) is 71.8 Å². The Morgan fingerprint density at radius 1 is 0.682 bits per heavy atom. The van der Waals surface area contributed by atoms with Crippen LogP contribution in [0.1, 0.15) is 78.1 Å². The first kappa shape index (κ1) is 33.7. The Bertz CT molecular complexity index is 1350. The van der Waals surface area contributed by atoms with E-state index in [4.69, 9.17) is 14.2 Å². The van der Waals surface area contributed by atoms with Crippen LogP contribution in [0.5, 0.6) is 11.5 Å². The van der Waals surface area contributed by atoms with E-state index < -0.39 is 41.2 Å². The van der Waals surface area contributed by atoms with Gasteiger partial charge >= 0.3 is 6.11 Å². The Hall–Kier alpha value is -3.20. The minimum atomic E-state index is -3.85. The Kier molecular flexibility index (Phi) is 12.0. The van der Waals surface area contributed by atoms with Gasteiger partial charge in [-0.15, -0.1) is 0 Å². The molecular weight excluding hydrogens is 582 g/mol. The van der Waals surface area contributed by atoms with Gasteiger partial charge in [-0.25, -0.2) is 8.78 Å². The minimum absolute atomic E-state index is 0.0378. The lowest BCUT2D eigenvalue weighted by atomic mass is 9.92. The van der Waals surface area contributed by atoms with Gasteiger partial charge in [-0.2, -0.15) is 17.6 Å². The van der Waals surface area contributed by atoms with E-state index in [0.717, 1.165) is 31.4 Å². The molecule has 0 saturated carbocycles. The first-order valence-electron chi connectivity index (χ1n) is 15.5. The second-order valence-electron chi connectivity index (χ2n) is 11.3. The van der Waals surface area contributed by atoms with E-state index in [9.17, 15) is 22.0 Å². The molecular formula is C35H40F6O3. The molecule has 0 amide bonds. The van der Waals surface area contributed by atoms with Gasteiger partial charge in [0.1, 0.15) is 0 Å². The predicted octanol–water partition coefficient (Wildman–Crippen LogP) is 10.9. The summed E-state index contributed by atoms with van der Waals surface area (Å²) in [7, 11) is 0. The highest BCUT2D eigenvalue weighted by atomic mass is 19.3. The van der Waals surface area contributed by atoms with Crippen LogP contribution >= 0.6 is 0 Å². The Morgan fingerprint density at radius 3 is 1.77 bits per heavy atom. The zero-order valence-electron chi connectivity index (χ0n) is 25.3. The average Bonchev–Trinajstić information content (AvgIpc) is 3.02. The molecule has 0 spiro atoms. The van der Waals surface area contributed by atoms with E-state index in [-0.39, 0.29) is 48.0 Å². The van der Waals surface area contributed by atoms with Crippen molar-refractivity contribution in [1.29, 1.82) is 0 Å². The molecule has 2 atom stereocenters. The standard InChI is InChI=1S/C35H40F6O3/c1-3-5-6-7-8-9-10-11-23-12-21-30(43-22-23)35(40,41)44-29-20-18-27(32(37)34(29)39)25-15-13-24(14-16-25)26-17-19-28(42-4-2)33(38)31(26)36/h13-20,23,30H,3-12,21-22H2,1-2H3. The summed E-state index contributed by atoms with van der Waals surface area (Å²) in [5.74, 6) is -6.10. The number of benzene rings is 3. The highest BCUT2D eigenvalue weighted by molar-refractivity contribution is 5.72. The third-order valence-corrected chi connectivity index (χ3v) is 8.11. The summed E-state index contributed by atoms with van der Waals surface area (Å²) < 4.78 is 104. The first-order chi connectivity index (χ1) is 21.2. The maximum absolute atomic E-state index is 15.1. The molecule has 1 aliphatic rings. The fraction of sp³-hybridized carbons (Fsp3) is 0.486. The van der Waals surface area contributed by atoms with Crippen LogP contribution in [0.4, 0.5) is 26.3 Å². The van der Waals surface area contributed by atoms with Gasteiger partial charge in [-0.05, 0) is 67.5 Å². The number of unbranched alkanes of at least 4 members (excludes halogenated alkanes) is 6. The van der Waals surface area contributed by atoms with Crippen LogP contribution in [-0.4, -0.2) is 25.4 Å². The molecule has 1 heterocycles. The third kappa shape index (κ3) is 8.29. The molecule has 3 aromatic carbocycles. The maximum Gasteiger partial charge on any atom is 0.424 e. The summed E-state index contributed by atoms with van der Waals surface area (Å²) in [6, 6.07) is 10.4.